The lowest BCUT2D eigenvalue weighted by Gasteiger charge is -2.28. The van der Waals surface area contributed by atoms with Crippen molar-refractivity contribution in [1.29, 1.82) is 0 Å². The molecule has 1 saturated heterocycles. The molecule has 1 aromatic rings. The zero-order valence-corrected chi connectivity index (χ0v) is 13.5. The summed E-state index contributed by atoms with van der Waals surface area (Å²) in [5.41, 5.74) is 0. The Hall–Kier alpha value is -1.24. The van der Waals surface area contributed by atoms with Crippen molar-refractivity contribution in [3.63, 3.8) is 0 Å². The number of carboxylic acid groups (broad SMARTS) is 1. The van der Waals surface area contributed by atoms with E-state index in [-0.39, 0.29) is 17.6 Å². The monoisotopic (exact) mass is 343 g/mol. The third-order valence-corrected chi connectivity index (χ3v) is 4.70. The molecular formula is C15H18ClNO4S. The van der Waals surface area contributed by atoms with Crippen LogP contribution in [0.4, 0.5) is 0 Å². The van der Waals surface area contributed by atoms with Crippen molar-refractivity contribution in [2.75, 3.05) is 19.0 Å². The lowest BCUT2D eigenvalue weighted by Crippen LogP contribution is -2.48. The molecular weight excluding hydrogens is 326 g/mol. The number of aliphatic carboxylic acids is 1. The lowest BCUT2D eigenvalue weighted by atomic mass is 9.94. The molecule has 1 aliphatic rings. The van der Waals surface area contributed by atoms with Gasteiger partial charge < -0.3 is 15.2 Å². The minimum absolute atomic E-state index is 0.166. The highest BCUT2D eigenvalue weighted by Crippen LogP contribution is 2.21. The number of carbonyl (C=O) groups excluding carboxylic acids is 1. The second kappa shape index (κ2) is 8.41. The van der Waals surface area contributed by atoms with Crippen molar-refractivity contribution in [1.82, 2.24) is 5.32 Å². The Kier molecular flexibility index (Phi) is 6.54. The van der Waals surface area contributed by atoms with Gasteiger partial charge in [0, 0.05) is 22.4 Å². The highest BCUT2D eigenvalue weighted by Gasteiger charge is 2.31. The maximum absolute atomic E-state index is 12.0. The Morgan fingerprint density at radius 2 is 2.14 bits per heavy atom. The molecule has 0 aromatic heterocycles. The molecule has 2 unspecified atom stereocenters. The molecule has 0 aliphatic carbocycles. The van der Waals surface area contributed by atoms with Crippen LogP contribution in [0.2, 0.25) is 5.02 Å². The van der Waals surface area contributed by atoms with Crippen LogP contribution in [0.15, 0.2) is 29.2 Å². The van der Waals surface area contributed by atoms with Gasteiger partial charge in [-0.1, -0.05) is 11.6 Å². The van der Waals surface area contributed by atoms with E-state index in [1.165, 1.54) is 11.8 Å². The van der Waals surface area contributed by atoms with Gasteiger partial charge in [-0.15, -0.1) is 11.8 Å². The number of carboxylic acids is 1. The van der Waals surface area contributed by atoms with Crippen molar-refractivity contribution in [3.05, 3.63) is 29.3 Å². The average molecular weight is 344 g/mol. The van der Waals surface area contributed by atoms with Gasteiger partial charge in [-0.05, 0) is 37.1 Å². The summed E-state index contributed by atoms with van der Waals surface area (Å²) in [5.74, 6) is -1.31. The van der Waals surface area contributed by atoms with E-state index in [2.05, 4.69) is 5.32 Å². The predicted octanol–water partition coefficient (Wildman–Crippen LogP) is 2.43. The molecule has 7 heteroatoms. The average Bonchev–Trinajstić information content (AvgIpc) is 2.52. The fourth-order valence-electron chi connectivity index (χ4n) is 2.30. The summed E-state index contributed by atoms with van der Waals surface area (Å²) in [6, 6.07) is 6.26. The van der Waals surface area contributed by atoms with E-state index in [4.69, 9.17) is 16.3 Å². The first kappa shape index (κ1) is 17.1. The summed E-state index contributed by atoms with van der Waals surface area (Å²) in [4.78, 5) is 24.2. The van der Waals surface area contributed by atoms with Gasteiger partial charge in [0.25, 0.3) is 0 Å². The number of ether oxygens (including phenoxy) is 1. The molecule has 1 aliphatic heterocycles. The van der Waals surface area contributed by atoms with Crippen LogP contribution in [0.5, 0.6) is 0 Å². The maximum atomic E-state index is 12.0. The van der Waals surface area contributed by atoms with E-state index < -0.39 is 12.0 Å². The summed E-state index contributed by atoms with van der Waals surface area (Å²) in [6.07, 6.45) is 1.57. The first-order valence-corrected chi connectivity index (χ1v) is 8.41. The molecule has 1 amide bonds. The van der Waals surface area contributed by atoms with Gasteiger partial charge in [-0.25, -0.2) is 4.79 Å². The lowest BCUT2D eigenvalue weighted by molar-refractivity contribution is -0.144. The molecule has 2 rings (SSSR count). The number of thioether (sulfide) groups is 1. The van der Waals surface area contributed by atoms with E-state index in [0.29, 0.717) is 18.2 Å². The molecule has 5 nitrogen and oxygen atoms in total. The molecule has 0 saturated carbocycles. The Bertz CT molecular complexity index is 517. The van der Waals surface area contributed by atoms with Gasteiger partial charge in [-0.3, -0.25) is 4.79 Å². The Balaban J connectivity index is 1.85. The summed E-state index contributed by atoms with van der Waals surface area (Å²) in [5, 5.41) is 12.5. The quantitative estimate of drug-likeness (QED) is 0.776. The molecule has 120 valence electrons. The summed E-state index contributed by atoms with van der Waals surface area (Å²) < 4.78 is 5.30. The van der Waals surface area contributed by atoms with Gasteiger partial charge >= 0.3 is 5.97 Å². The number of carbonyl (C=O) groups is 2. The summed E-state index contributed by atoms with van der Waals surface area (Å²) in [6.45, 7) is 1.03. The molecule has 1 fully saturated rings. The van der Waals surface area contributed by atoms with Crippen molar-refractivity contribution >= 4 is 35.2 Å². The van der Waals surface area contributed by atoms with Crippen molar-refractivity contribution in [2.45, 2.75) is 23.8 Å². The Labute approximate surface area is 138 Å². The van der Waals surface area contributed by atoms with E-state index in [1.807, 2.05) is 12.1 Å². The number of halogens is 1. The Morgan fingerprint density at radius 3 is 2.73 bits per heavy atom. The van der Waals surface area contributed by atoms with Crippen LogP contribution in [0, 0.1) is 5.92 Å². The third-order valence-electron chi connectivity index (χ3n) is 3.43. The number of rotatable bonds is 6. The molecule has 0 spiro atoms. The minimum Gasteiger partial charge on any atom is -0.480 e. The second-order valence-corrected chi connectivity index (χ2v) is 6.59. The number of nitrogens with one attached hydrogen (secondary N) is 1. The zero-order chi connectivity index (χ0) is 15.9. The van der Waals surface area contributed by atoms with Crippen LogP contribution in [0.3, 0.4) is 0 Å². The van der Waals surface area contributed by atoms with E-state index in [9.17, 15) is 14.7 Å². The van der Waals surface area contributed by atoms with Crippen LogP contribution in [0.25, 0.3) is 0 Å². The molecule has 22 heavy (non-hydrogen) atoms. The van der Waals surface area contributed by atoms with Crippen molar-refractivity contribution < 1.29 is 19.4 Å². The van der Waals surface area contributed by atoms with Crippen LogP contribution >= 0.6 is 23.4 Å². The van der Waals surface area contributed by atoms with E-state index in [1.54, 1.807) is 12.1 Å². The van der Waals surface area contributed by atoms with Gasteiger partial charge in [0.15, 0.2) is 0 Å². The normalized spacial score (nSPS) is 19.4. The highest BCUT2D eigenvalue weighted by molar-refractivity contribution is 8.00. The van der Waals surface area contributed by atoms with Crippen LogP contribution < -0.4 is 5.32 Å². The number of hydrogen-bond acceptors (Lipinski definition) is 4. The molecule has 1 heterocycles. The zero-order valence-electron chi connectivity index (χ0n) is 12.0. The summed E-state index contributed by atoms with van der Waals surface area (Å²) in [7, 11) is 0. The fourth-order valence-corrected chi connectivity index (χ4v) is 3.14. The molecule has 0 bridgehead atoms. The first-order chi connectivity index (χ1) is 10.6. The van der Waals surface area contributed by atoms with Gasteiger partial charge in [0.05, 0.1) is 12.4 Å². The summed E-state index contributed by atoms with van der Waals surface area (Å²) >= 11 is 7.14. The molecule has 0 radical (unpaired) electrons. The first-order valence-electron chi connectivity index (χ1n) is 7.04. The third kappa shape index (κ3) is 5.19. The fraction of sp³-hybridized carbons (Fsp3) is 0.467. The van der Waals surface area contributed by atoms with Gasteiger partial charge in [0.1, 0.15) is 6.04 Å². The van der Waals surface area contributed by atoms with Crippen LogP contribution in [-0.2, 0) is 14.3 Å². The van der Waals surface area contributed by atoms with Crippen LogP contribution in [0.1, 0.15) is 12.8 Å². The number of hydrogen-bond donors (Lipinski definition) is 2. The largest absolute Gasteiger partial charge is 0.480 e. The van der Waals surface area contributed by atoms with E-state index in [0.717, 1.165) is 17.7 Å². The molecule has 2 atom stereocenters. The smallest absolute Gasteiger partial charge is 0.326 e. The maximum Gasteiger partial charge on any atom is 0.326 e. The Morgan fingerprint density at radius 1 is 1.41 bits per heavy atom. The van der Waals surface area contributed by atoms with E-state index >= 15 is 0 Å². The predicted molar refractivity (Wildman–Crippen MR) is 85.3 cm³/mol. The number of benzene rings is 1. The SMILES string of the molecule is O=C(CSc1ccc(Cl)cc1)NC(C(=O)O)C1CCCOC1. The molecule has 2 N–H and O–H groups in total. The topological polar surface area (TPSA) is 75.6 Å². The minimum atomic E-state index is -1.01. The van der Waals surface area contributed by atoms with Crippen molar-refractivity contribution in [2.24, 2.45) is 5.92 Å². The highest BCUT2D eigenvalue weighted by atomic mass is 35.5. The standard InChI is InChI=1S/C15H18ClNO4S/c16-11-3-5-12(6-4-11)22-9-13(18)17-14(15(19)20)10-2-1-7-21-8-10/h3-6,10,14H,1-2,7-9H2,(H,17,18)(H,19,20). The van der Waals surface area contributed by atoms with Crippen LogP contribution in [-0.4, -0.2) is 42.0 Å². The van der Waals surface area contributed by atoms with Crippen molar-refractivity contribution in [3.8, 4) is 0 Å². The number of amides is 1. The van der Waals surface area contributed by atoms with Gasteiger partial charge in [-0.2, -0.15) is 0 Å². The molecule has 1 aromatic carbocycles. The van der Waals surface area contributed by atoms with Gasteiger partial charge in [0.2, 0.25) is 5.91 Å². The second-order valence-electron chi connectivity index (χ2n) is 5.10.